The van der Waals surface area contributed by atoms with Gasteiger partial charge in [0.25, 0.3) is 0 Å². The fourth-order valence-electron chi connectivity index (χ4n) is 2.99. The van der Waals surface area contributed by atoms with Gasteiger partial charge >= 0.3 is 5.97 Å². The van der Waals surface area contributed by atoms with E-state index in [0.29, 0.717) is 13.1 Å². The third-order valence-corrected chi connectivity index (χ3v) is 5.79. The molecular formula is C22H23N3O4S. The predicted octanol–water partition coefficient (Wildman–Crippen LogP) is 3.75. The second-order valence-electron chi connectivity index (χ2n) is 6.73. The Hall–Kier alpha value is -3.39. The number of hydrogen-bond donors (Lipinski definition) is 2. The standard InChI is InChI=1S/C22H23N3O4S/c1-2-30(28,29)24-19-13-20(22(26)27)21(23-14-19)25(15-17-9-5-3-6-10-17)16-18-11-7-4-8-12-18/h3-14,24H,2,15-16H2,1H3,(H,26,27). The summed E-state index contributed by atoms with van der Waals surface area (Å²) in [5.74, 6) is -1.03. The number of hydrogen-bond acceptors (Lipinski definition) is 5. The van der Waals surface area contributed by atoms with Gasteiger partial charge in [0.2, 0.25) is 10.0 Å². The van der Waals surface area contributed by atoms with E-state index in [9.17, 15) is 18.3 Å². The fourth-order valence-corrected chi connectivity index (χ4v) is 3.60. The molecule has 0 aliphatic heterocycles. The van der Waals surface area contributed by atoms with Gasteiger partial charge in [0, 0.05) is 13.1 Å². The van der Waals surface area contributed by atoms with Crippen molar-refractivity contribution in [1.29, 1.82) is 0 Å². The molecule has 3 aromatic rings. The molecule has 0 radical (unpaired) electrons. The van der Waals surface area contributed by atoms with Gasteiger partial charge in [-0.3, -0.25) is 4.72 Å². The Morgan fingerprint density at radius 1 is 1.00 bits per heavy atom. The number of carboxylic acids is 1. The molecule has 0 atom stereocenters. The maximum atomic E-state index is 12.0. The molecule has 2 N–H and O–H groups in total. The van der Waals surface area contributed by atoms with Gasteiger partial charge in [-0.2, -0.15) is 0 Å². The highest BCUT2D eigenvalue weighted by molar-refractivity contribution is 7.92. The lowest BCUT2D eigenvalue weighted by Crippen LogP contribution is -2.26. The number of carbonyl (C=O) groups is 1. The summed E-state index contributed by atoms with van der Waals surface area (Å²) >= 11 is 0. The Bertz CT molecular complexity index is 1060. The van der Waals surface area contributed by atoms with Crippen molar-refractivity contribution in [1.82, 2.24) is 4.98 Å². The lowest BCUT2D eigenvalue weighted by Gasteiger charge is -2.26. The maximum absolute atomic E-state index is 12.0. The van der Waals surface area contributed by atoms with E-state index in [1.54, 1.807) is 0 Å². The number of sulfonamides is 1. The Balaban J connectivity index is 2.01. The van der Waals surface area contributed by atoms with Crippen LogP contribution in [0.1, 0.15) is 28.4 Å². The molecule has 0 spiro atoms. The molecule has 0 aliphatic rings. The SMILES string of the molecule is CCS(=O)(=O)Nc1cnc(N(Cc2ccccc2)Cc2ccccc2)c(C(=O)O)c1. The normalized spacial score (nSPS) is 11.1. The smallest absolute Gasteiger partial charge is 0.339 e. The first-order valence-corrected chi connectivity index (χ1v) is 11.1. The van der Waals surface area contributed by atoms with Crippen molar-refractivity contribution in [2.45, 2.75) is 20.0 Å². The zero-order valence-corrected chi connectivity index (χ0v) is 17.3. The third-order valence-electron chi connectivity index (χ3n) is 4.48. The summed E-state index contributed by atoms with van der Waals surface area (Å²) in [6.07, 6.45) is 1.35. The highest BCUT2D eigenvalue weighted by Crippen LogP contribution is 2.25. The van der Waals surface area contributed by atoms with E-state index in [2.05, 4.69) is 9.71 Å². The zero-order chi connectivity index (χ0) is 21.6. The van der Waals surface area contributed by atoms with E-state index in [0.717, 1.165) is 11.1 Å². The molecule has 30 heavy (non-hydrogen) atoms. The Labute approximate surface area is 176 Å². The molecule has 2 aromatic carbocycles. The van der Waals surface area contributed by atoms with Crippen LogP contribution in [0.3, 0.4) is 0 Å². The number of rotatable bonds is 9. The van der Waals surface area contributed by atoms with Crippen molar-refractivity contribution < 1.29 is 18.3 Å². The van der Waals surface area contributed by atoms with Gasteiger partial charge < -0.3 is 10.0 Å². The summed E-state index contributed by atoms with van der Waals surface area (Å²) in [6, 6.07) is 20.7. The lowest BCUT2D eigenvalue weighted by atomic mass is 10.1. The largest absolute Gasteiger partial charge is 0.478 e. The molecule has 0 amide bonds. The van der Waals surface area contributed by atoms with E-state index >= 15 is 0 Å². The lowest BCUT2D eigenvalue weighted by molar-refractivity contribution is 0.0697. The number of pyridine rings is 1. The highest BCUT2D eigenvalue weighted by Gasteiger charge is 2.20. The molecule has 0 unspecified atom stereocenters. The highest BCUT2D eigenvalue weighted by atomic mass is 32.2. The first-order chi connectivity index (χ1) is 14.4. The molecule has 1 aromatic heterocycles. The van der Waals surface area contributed by atoms with Crippen LogP contribution in [0, 0.1) is 0 Å². The van der Waals surface area contributed by atoms with E-state index in [1.807, 2.05) is 65.6 Å². The van der Waals surface area contributed by atoms with Gasteiger partial charge in [-0.25, -0.2) is 18.2 Å². The van der Waals surface area contributed by atoms with Crippen LogP contribution in [-0.2, 0) is 23.1 Å². The fraction of sp³-hybridized carbons (Fsp3) is 0.182. The van der Waals surface area contributed by atoms with Gasteiger partial charge in [-0.1, -0.05) is 60.7 Å². The average Bonchev–Trinajstić information content (AvgIpc) is 2.74. The molecule has 1 heterocycles. The van der Waals surface area contributed by atoms with Crippen LogP contribution in [0.15, 0.2) is 72.9 Å². The van der Waals surface area contributed by atoms with Crippen molar-refractivity contribution >= 4 is 27.5 Å². The summed E-state index contributed by atoms with van der Waals surface area (Å²) in [6.45, 7) is 2.40. The van der Waals surface area contributed by atoms with Gasteiger partial charge in [-0.15, -0.1) is 0 Å². The van der Waals surface area contributed by atoms with Crippen LogP contribution in [0.4, 0.5) is 11.5 Å². The number of benzene rings is 2. The van der Waals surface area contributed by atoms with Crippen molar-refractivity contribution in [3.63, 3.8) is 0 Å². The maximum Gasteiger partial charge on any atom is 0.339 e. The van der Waals surface area contributed by atoms with E-state index in [1.165, 1.54) is 19.2 Å². The minimum absolute atomic E-state index is 0.0711. The Kier molecular flexibility index (Phi) is 6.68. The molecular weight excluding hydrogens is 402 g/mol. The van der Waals surface area contributed by atoms with Gasteiger partial charge in [-0.05, 0) is 24.1 Å². The first-order valence-electron chi connectivity index (χ1n) is 9.44. The van der Waals surface area contributed by atoms with Crippen molar-refractivity contribution in [2.24, 2.45) is 0 Å². The van der Waals surface area contributed by atoms with Crippen LogP contribution < -0.4 is 9.62 Å². The van der Waals surface area contributed by atoms with Gasteiger partial charge in [0.1, 0.15) is 11.4 Å². The van der Waals surface area contributed by atoms with Gasteiger partial charge in [0.15, 0.2) is 0 Å². The summed E-state index contributed by atoms with van der Waals surface area (Å²) in [4.78, 5) is 18.2. The van der Waals surface area contributed by atoms with E-state index < -0.39 is 16.0 Å². The summed E-state index contributed by atoms with van der Waals surface area (Å²) < 4.78 is 26.1. The molecule has 0 saturated heterocycles. The number of anilines is 2. The number of carboxylic acid groups (broad SMARTS) is 1. The monoisotopic (exact) mass is 425 g/mol. The second-order valence-corrected chi connectivity index (χ2v) is 8.74. The third kappa shape index (κ3) is 5.57. The summed E-state index contributed by atoms with van der Waals surface area (Å²) in [7, 11) is -3.54. The predicted molar refractivity (Wildman–Crippen MR) is 117 cm³/mol. The van der Waals surface area contributed by atoms with Crippen molar-refractivity contribution in [3.05, 3.63) is 89.6 Å². The second kappa shape index (κ2) is 9.41. The molecule has 0 aliphatic carbocycles. The molecule has 156 valence electrons. The number of nitrogens with zero attached hydrogens (tertiary/aromatic N) is 2. The number of nitrogens with one attached hydrogen (secondary N) is 1. The molecule has 0 fully saturated rings. The van der Waals surface area contributed by atoms with Crippen molar-refractivity contribution in [2.75, 3.05) is 15.4 Å². The van der Waals surface area contributed by atoms with Crippen LogP contribution >= 0.6 is 0 Å². The topological polar surface area (TPSA) is 99.6 Å². The molecule has 7 nitrogen and oxygen atoms in total. The molecule has 0 saturated carbocycles. The minimum Gasteiger partial charge on any atom is -0.478 e. The summed E-state index contributed by atoms with van der Waals surface area (Å²) in [5.41, 5.74) is 2.06. The van der Waals surface area contributed by atoms with Crippen LogP contribution in [0.2, 0.25) is 0 Å². The quantitative estimate of drug-likeness (QED) is 0.542. The Morgan fingerprint density at radius 2 is 1.53 bits per heavy atom. The van der Waals surface area contributed by atoms with Gasteiger partial charge in [0.05, 0.1) is 17.6 Å². The number of aromatic nitrogens is 1. The van der Waals surface area contributed by atoms with Crippen LogP contribution in [0.25, 0.3) is 0 Å². The molecule has 8 heteroatoms. The zero-order valence-electron chi connectivity index (χ0n) is 16.5. The van der Waals surface area contributed by atoms with Crippen LogP contribution in [0.5, 0.6) is 0 Å². The molecule has 0 bridgehead atoms. The Morgan fingerprint density at radius 3 is 2.00 bits per heavy atom. The van der Waals surface area contributed by atoms with Crippen molar-refractivity contribution in [3.8, 4) is 0 Å². The van der Waals surface area contributed by atoms with E-state index in [-0.39, 0.29) is 22.8 Å². The first kappa shape index (κ1) is 21.3. The number of aromatic carboxylic acids is 1. The molecule has 3 rings (SSSR count). The minimum atomic E-state index is -3.54. The van der Waals surface area contributed by atoms with E-state index in [4.69, 9.17) is 0 Å². The average molecular weight is 426 g/mol. The summed E-state index contributed by atoms with van der Waals surface area (Å²) in [5, 5.41) is 9.78. The van der Waals surface area contributed by atoms with Crippen LogP contribution in [-0.4, -0.2) is 30.2 Å².